The van der Waals surface area contributed by atoms with Gasteiger partial charge in [0.25, 0.3) is 0 Å². The van der Waals surface area contributed by atoms with E-state index in [9.17, 15) is 4.79 Å². The first-order valence-electron chi connectivity index (χ1n) is 7.94. The van der Waals surface area contributed by atoms with Gasteiger partial charge in [-0.05, 0) is 49.9 Å². The van der Waals surface area contributed by atoms with Crippen LogP contribution in [0.25, 0.3) is 0 Å². The minimum absolute atomic E-state index is 0.133. The number of rotatable bonds is 8. The number of hydrogen-bond donors (Lipinski definition) is 2. The Labute approximate surface area is 132 Å². The highest BCUT2D eigenvalue weighted by Gasteiger charge is 2.15. The van der Waals surface area contributed by atoms with E-state index in [1.54, 1.807) is 14.2 Å². The van der Waals surface area contributed by atoms with Crippen LogP contribution in [0.4, 0.5) is 0 Å². The predicted molar refractivity (Wildman–Crippen MR) is 86.5 cm³/mol. The Kier molecular flexibility index (Phi) is 6.52. The fourth-order valence-electron chi connectivity index (χ4n) is 2.78. The van der Waals surface area contributed by atoms with Gasteiger partial charge >= 0.3 is 0 Å². The lowest BCUT2D eigenvalue weighted by molar-refractivity contribution is -0.121. The molecule has 1 saturated heterocycles. The zero-order chi connectivity index (χ0) is 15.8. The van der Waals surface area contributed by atoms with Crippen LogP contribution in [0.3, 0.4) is 0 Å². The average molecular weight is 306 g/mol. The van der Waals surface area contributed by atoms with Crippen molar-refractivity contribution in [2.75, 3.05) is 27.3 Å². The molecule has 1 aliphatic heterocycles. The standard InChI is InChI=1S/C17H26N2O3/c1-21-15-7-5-13(12-16(15)22-2)9-11-19-17(20)8-6-14-4-3-10-18-14/h5,7,12,14,18H,3-4,6,8-11H2,1-2H3,(H,19,20). The lowest BCUT2D eigenvalue weighted by Gasteiger charge is -2.11. The summed E-state index contributed by atoms with van der Waals surface area (Å²) in [5.74, 6) is 1.58. The highest BCUT2D eigenvalue weighted by Crippen LogP contribution is 2.27. The van der Waals surface area contributed by atoms with Crippen molar-refractivity contribution in [2.45, 2.75) is 38.1 Å². The van der Waals surface area contributed by atoms with E-state index in [-0.39, 0.29) is 5.91 Å². The first-order chi connectivity index (χ1) is 10.7. The Balaban J connectivity index is 1.70. The molecule has 0 saturated carbocycles. The molecule has 1 aromatic carbocycles. The maximum Gasteiger partial charge on any atom is 0.220 e. The lowest BCUT2D eigenvalue weighted by atomic mass is 10.1. The normalized spacial score (nSPS) is 17.3. The summed E-state index contributed by atoms with van der Waals surface area (Å²) < 4.78 is 10.5. The minimum Gasteiger partial charge on any atom is -0.493 e. The van der Waals surface area contributed by atoms with Gasteiger partial charge in [0.2, 0.25) is 5.91 Å². The van der Waals surface area contributed by atoms with Gasteiger partial charge in [0, 0.05) is 19.0 Å². The summed E-state index contributed by atoms with van der Waals surface area (Å²) in [5, 5.41) is 6.39. The molecule has 5 nitrogen and oxygen atoms in total. The van der Waals surface area contributed by atoms with E-state index in [0.717, 1.165) is 36.4 Å². The molecule has 1 atom stereocenters. The fourth-order valence-corrected chi connectivity index (χ4v) is 2.78. The van der Waals surface area contributed by atoms with E-state index < -0.39 is 0 Å². The van der Waals surface area contributed by atoms with E-state index in [4.69, 9.17) is 9.47 Å². The number of ether oxygens (including phenoxy) is 2. The van der Waals surface area contributed by atoms with Crippen molar-refractivity contribution in [3.8, 4) is 11.5 Å². The average Bonchev–Trinajstić information content (AvgIpc) is 3.06. The lowest BCUT2D eigenvalue weighted by Crippen LogP contribution is -2.28. The van der Waals surface area contributed by atoms with E-state index in [2.05, 4.69) is 10.6 Å². The SMILES string of the molecule is COc1ccc(CCNC(=O)CCC2CCCN2)cc1OC. The predicted octanol–water partition coefficient (Wildman–Crippen LogP) is 1.89. The van der Waals surface area contributed by atoms with Crippen LogP contribution in [-0.2, 0) is 11.2 Å². The van der Waals surface area contributed by atoms with E-state index in [1.807, 2.05) is 18.2 Å². The van der Waals surface area contributed by atoms with Crippen molar-refractivity contribution >= 4 is 5.91 Å². The summed E-state index contributed by atoms with van der Waals surface area (Å²) in [6, 6.07) is 6.36. The quantitative estimate of drug-likeness (QED) is 0.770. The number of hydrogen-bond acceptors (Lipinski definition) is 4. The molecule has 1 aliphatic rings. The van der Waals surface area contributed by atoms with Crippen LogP contribution in [0.5, 0.6) is 11.5 Å². The molecular weight excluding hydrogens is 280 g/mol. The molecule has 1 aromatic rings. The van der Waals surface area contributed by atoms with Gasteiger partial charge < -0.3 is 20.1 Å². The monoisotopic (exact) mass is 306 g/mol. The van der Waals surface area contributed by atoms with Crippen LogP contribution in [0.2, 0.25) is 0 Å². The summed E-state index contributed by atoms with van der Waals surface area (Å²) in [6.45, 7) is 1.73. The van der Waals surface area contributed by atoms with E-state index in [0.29, 0.717) is 19.0 Å². The second kappa shape index (κ2) is 8.63. The second-order valence-corrected chi connectivity index (χ2v) is 5.62. The van der Waals surface area contributed by atoms with Crippen LogP contribution < -0.4 is 20.1 Å². The zero-order valence-electron chi connectivity index (χ0n) is 13.5. The topological polar surface area (TPSA) is 59.6 Å². The number of carbonyl (C=O) groups excluding carboxylic acids is 1. The molecule has 2 N–H and O–H groups in total. The number of amides is 1. The van der Waals surface area contributed by atoms with Gasteiger partial charge in [-0.2, -0.15) is 0 Å². The van der Waals surface area contributed by atoms with Crippen LogP contribution >= 0.6 is 0 Å². The molecule has 122 valence electrons. The molecule has 0 radical (unpaired) electrons. The Morgan fingerprint density at radius 1 is 1.32 bits per heavy atom. The Morgan fingerprint density at radius 2 is 2.14 bits per heavy atom. The van der Waals surface area contributed by atoms with Gasteiger partial charge in [-0.25, -0.2) is 0 Å². The molecule has 0 aliphatic carbocycles. The Morgan fingerprint density at radius 3 is 2.82 bits per heavy atom. The summed E-state index contributed by atoms with van der Waals surface area (Å²) >= 11 is 0. The summed E-state index contributed by atoms with van der Waals surface area (Å²) in [6.07, 6.45) is 4.74. The highest BCUT2D eigenvalue weighted by atomic mass is 16.5. The van der Waals surface area contributed by atoms with Crippen LogP contribution in [0.15, 0.2) is 18.2 Å². The summed E-state index contributed by atoms with van der Waals surface area (Å²) in [4.78, 5) is 11.8. The van der Waals surface area contributed by atoms with Gasteiger partial charge in [0.1, 0.15) is 0 Å². The number of methoxy groups -OCH3 is 2. The van der Waals surface area contributed by atoms with Crippen molar-refractivity contribution in [1.82, 2.24) is 10.6 Å². The molecule has 1 heterocycles. The van der Waals surface area contributed by atoms with Gasteiger partial charge in [0.15, 0.2) is 11.5 Å². The van der Waals surface area contributed by atoms with Crippen molar-refractivity contribution < 1.29 is 14.3 Å². The number of benzene rings is 1. The smallest absolute Gasteiger partial charge is 0.220 e. The van der Waals surface area contributed by atoms with Gasteiger partial charge in [-0.15, -0.1) is 0 Å². The Bertz CT molecular complexity index is 485. The Hall–Kier alpha value is -1.75. The minimum atomic E-state index is 0.133. The number of nitrogens with one attached hydrogen (secondary N) is 2. The molecule has 0 spiro atoms. The third kappa shape index (κ3) is 4.91. The van der Waals surface area contributed by atoms with Gasteiger partial charge in [-0.3, -0.25) is 4.79 Å². The molecule has 2 rings (SSSR count). The number of carbonyl (C=O) groups is 1. The molecule has 1 fully saturated rings. The van der Waals surface area contributed by atoms with Crippen molar-refractivity contribution in [3.05, 3.63) is 23.8 Å². The van der Waals surface area contributed by atoms with Gasteiger partial charge in [0.05, 0.1) is 14.2 Å². The van der Waals surface area contributed by atoms with Gasteiger partial charge in [-0.1, -0.05) is 6.07 Å². The highest BCUT2D eigenvalue weighted by molar-refractivity contribution is 5.75. The first kappa shape index (κ1) is 16.6. The maximum absolute atomic E-state index is 11.8. The molecule has 0 aromatic heterocycles. The van der Waals surface area contributed by atoms with Crippen molar-refractivity contribution in [2.24, 2.45) is 0 Å². The maximum atomic E-state index is 11.8. The van der Waals surface area contributed by atoms with Crippen LogP contribution in [-0.4, -0.2) is 39.3 Å². The van der Waals surface area contributed by atoms with E-state index in [1.165, 1.54) is 12.8 Å². The third-order valence-corrected chi connectivity index (χ3v) is 4.07. The molecular formula is C17H26N2O3. The van der Waals surface area contributed by atoms with Crippen LogP contribution in [0.1, 0.15) is 31.2 Å². The first-order valence-corrected chi connectivity index (χ1v) is 7.94. The molecule has 1 amide bonds. The largest absolute Gasteiger partial charge is 0.493 e. The summed E-state index contributed by atoms with van der Waals surface area (Å²) in [7, 11) is 3.25. The molecule has 1 unspecified atom stereocenters. The molecule has 5 heteroatoms. The van der Waals surface area contributed by atoms with Crippen molar-refractivity contribution in [1.29, 1.82) is 0 Å². The zero-order valence-corrected chi connectivity index (χ0v) is 13.5. The fraction of sp³-hybridized carbons (Fsp3) is 0.588. The molecule has 22 heavy (non-hydrogen) atoms. The summed E-state index contributed by atoms with van der Waals surface area (Å²) in [5.41, 5.74) is 1.12. The second-order valence-electron chi connectivity index (χ2n) is 5.62. The van der Waals surface area contributed by atoms with E-state index >= 15 is 0 Å². The molecule has 0 bridgehead atoms. The van der Waals surface area contributed by atoms with Crippen molar-refractivity contribution in [3.63, 3.8) is 0 Å². The third-order valence-electron chi connectivity index (χ3n) is 4.07. The van der Waals surface area contributed by atoms with Crippen LogP contribution in [0, 0.1) is 0 Å².